The minimum Gasteiger partial charge on any atom is -0.472 e. The first-order chi connectivity index (χ1) is 18.8. The smallest absolute Gasteiger partial charge is 0.328 e. The van der Waals surface area contributed by atoms with Crippen LogP contribution < -0.4 is 15.4 Å². The molecule has 4 heterocycles. The minimum atomic E-state index is -0.904. The van der Waals surface area contributed by atoms with Gasteiger partial charge in [0, 0.05) is 18.2 Å². The number of esters is 1. The van der Waals surface area contributed by atoms with Crippen molar-refractivity contribution in [2.45, 2.75) is 71.7 Å². The molecule has 4 rings (SSSR count). The fourth-order valence-corrected chi connectivity index (χ4v) is 5.25. The quantitative estimate of drug-likeness (QED) is 0.429. The molecule has 40 heavy (non-hydrogen) atoms. The van der Waals surface area contributed by atoms with Gasteiger partial charge in [0.25, 0.3) is 0 Å². The number of fused-ring (bicyclic) bond motifs is 1. The van der Waals surface area contributed by atoms with E-state index in [0.29, 0.717) is 17.4 Å². The van der Waals surface area contributed by atoms with Crippen molar-refractivity contribution in [1.29, 1.82) is 0 Å². The Morgan fingerprint density at radius 1 is 1.10 bits per heavy atom. The van der Waals surface area contributed by atoms with Crippen molar-refractivity contribution in [2.24, 2.45) is 5.41 Å². The summed E-state index contributed by atoms with van der Waals surface area (Å²) in [7, 11) is 1.29. The number of likely N-dealkylation sites (tertiary alicyclic amines) is 1. The van der Waals surface area contributed by atoms with Crippen LogP contribution in [0, 0.1) is 5.41 Å². The number of pyridine rings is 1. The maximum atomic E-state index is 13.9. The number of carbonyl (C=O) groups excluding carboxylic acids is 3. The number of thiophene rings is 1. The molecular weight excluding hydrogens is 532 g/mol. The zero-order chi connectivity index (χ0) is 29.2. The Hall–Kier alpha value is -3.80. The molecule has 1 fully saturated rings. The van der Waals surface area contributed by atoms with Crippen molar-refractivity contribution in [3.8, 4) is 17.4 Å². The number of amides is 3. The van der Waals surface area contributed by atoms with Gasteiger partial charge in [0.05, 0.1) is 19.0 Å². The molecule has 3 amide bonds. The van der Waals surface area contributed by atoms with Crippen LogP contribution in [0.2, 0.25) is 0 Å². The number of hydrogen-bond acceptors (Lipinski definition) is 9. The Kier molecular flexibility index (Phi) is 8.29. The number of nitrogens with zero attached hydrogens (tertiary/aromatic N) is 4. The first-order valence-electron chi connectivity index (χ1n) is 13.1. The summed E-state index contributed by atoms with van der Waals surface area (Å²) in [5, 5.41) is 8.28. The minimum absolute atomic E-state index is 0.113. The summed E-state index contributed by atoms with van der Waals surface area (Å²) in [6.07, 6.45) is 1.32. The van der Waals surface area contributed by atoms with E-state index in [0.717, 1.165) is 10.2 Å². The second-order valence-corrected chi connectivity index (χ2v) is 12.8. The molecule has 0 bridgehead atoms. The molecule has 1 unspecified atom stereocenters. The van der Waals surface area contributed by atoms with Gasteiger partial charge in [-0.1, -0.05) is 26.8 Å². The van der Waals surface area contributed by atoms with E-state index in [4.69, 9.17) is 9.47 Å². The highest BCUT2D eigenvalue weighted by molar-refractivity contribution is 7.16. The molecule has 0 radical (unpaired) electrons. The fourth-order valence-electron chi connectivity index (χ4n) is 4.49. The summed E-state index contributed by atoms with van der Waals surface area (Å²) in [5.74, 6) is -0.174. The van der Waals surface area contributed by atoms with Crippen molar-refractivity contribution in [3.05, 3.63) is 35.8 Å². The Bertz CT molecular complexity index is 1380. The molecular formula is C28H36N6O5S. The number of carbonyl (C=O) groups is 3. The van der Waals surface area contributed by atoms with E-state index in [1.165, 1.54) is 23.3 Å². The van der Waals surface area contributed by atoms with Gasteiger partial charge >= 0.3 is 12.0 Å². The van der Waals surface area contributed by atoms with Gasteiger partial charge in [-0.2, -0.15) is 4.98 Å². The van der Waals surface area contributed by atoms with Crippen LogP contribution >= 0.6 is 11.3 Å². The van der Waals surface area contributed by atoms with Gasteiger partial charge in [0.2, 0.25) is 11.8 Å². The maximum absolute atomic E-state index is 13.9. The van der Waals surface area contributed by atoms with Crippen molar-refractivity contribution in [3.63, 3.8) is 0 Å². The van der Waals surface area contributed by atoms with Gasteiger partial charge in [-0.3, -0.25) is 9.78 Å². The number of nitrogens with one attached hydrogen (secondary N) is 2. The monoisotopic (exact) mass is 568 g/mol. The number of methoxy groups -OCH3 is 1. The Morgan fingerprint density at radius 2 is 1.85 bits per heavy atom. The maximum Gasteiger partial charge on any atom is 0.328 e. The molecule has 3 aromatic rings. The predicted molar refractivity (Wildman–Crippen MR) is 152 cm³/mol. The molecule has 1 saturated heterocycles. The molecule has 3 atom stereocenters. The third kappa shape index (κ3) is 6.67. The van der Waals surface area contributed by atoms with E-state index in [2.05, 4.69) is 25.6 Å². The van der Waals surface area contributed by atoms with Gasteiger partial charge in [0.15, 0.2) is 5.82 Å². The summed E-state index contributed by atoms with van der Waals surface area (Å²) in [6, 6.07) is 5.11. The van der Waals surface area contributed by atoms with Crippen LogP contribution in [-0.4, -0.2) is 75.1 Å². The van der Waals surface area contributed by atoms with Crippen LogP contribution in [-0.2, 0) is 14.3 Å². The van der Waals surface area contributed by atoms with Gasteiger partial charge in [0.1, 0.15) is 28.7 Å². The summed E-state index contributed by atoms with van der Waals surface area (Å²) < 4.78 is 11.4. The lowest BCUT2D eigenvalue weighted by Crippen LogP contribution is -2.60. The third-order valence-electron chi connectivity index (χ3n) is 6.36. The zero-order valence-electron chi connectivity index (χ0n) is 23.8. The van der Waals surface area contributed by atoms with Crippen LogP contribution in [0.1, 0.15) is 48.0 Å². The van der Waals surface area contributed by atoms with E-state index in [1.54, 1.807) is 6.20 Å². The largest absolute Gasteiger partial charge is 0.472 e. The first-order valence-corrected chi connectivity index (χ1v) is 13.9. The normalized spacial score (nSPS) is 18.3. The van der Waals surface area contributed by atoms with Crippen LogP contribution in [0.3, 0.4) is 0 Å². The molecule has 0 aliphatic carbocycles. The number of urea groups is 1. The molecule has 1 aliphatic rings. The molecule has 0 aromatic carbocycles. The Labute approximate surface area is 237 Å². The average molecular weight is 569 g/mol. The van der Waals surface area contributed by atoms with Crippen LogP contribution in [0.5, 0.6) is 5.88 Å². The SMILES string of the molecule is COC(=O)[C@@H]1C[C@@H](Oc2nc(-c3ccccn3)nc3sccc23)CN1C(=O)C(NC(=O)NC(C)(C)C)C(C)(C)C. The highest BCUT2D eigenvalue weighted by Crippen LogP contribution is 2.33. The Balaban J connectivity index is 1.61. The van der Waals surface area contributed by atoms with E-state index in [9.17, 15) is 14.4 Å². The topological polar surface area (TPSA) is 136 Å². The molecule has 3 aromatic heterocycles. The van der Waals surface area contributed by atoms with Gasteiger partial charge in [-0.15, -0.1) is 11.3 Å². The van der Waals surface area contributed by atoms with Gasteiger partial charge in [-0.05, 0) is 49.8 Å². The zero-order valence-corrected chi connectivity index (χ0v) is 24.7. The van der Waals surface area contributed by atoms with Crippen LogP contribution in [0.4, 0.5) is 4.79 Å². The number of ether oxygens (including phenoxy) is 2. The van der Waals surface area contributed by atoms with Gasteiger partial charge < -0.3 is 25.0 Å². The number of rotatable bonds is 6. The molecule has 214 valence electrons. The molecule has 12 heteroatoms. The van der Waals surface area contributed by atoms with E-state index < -0.39 is 47.0 Å². The van der Waals surface area contributed by atoms with Crippen molar-refractivity contribution in [1.82, 2.24) is 30.5 Å². The van der Waals surface area contributed by atoms with Crippen molar-refractivity contribution in [2.75, 3.05) is 13.7 Å². The molecule has 0 saturated carbocycles. The van der Waals surface area contributed by atoms with Gasteiger partial charge in [-0.25, -0.2) is 14.6 Å². The average Bonchev–Trinajstić information content (AvgIpc) is 3.53. The number of aromatic nitrogens is 3. The lowest BCUT2D eigenvalue weighted by Gasteiger charge is -2.35. The Morgan fingerprint density at radius 3 is 2.48 bits per heavy atom. The van der Waals surface area contributed by atoms with Crippen molar-refractivity contribution < 1.29 is 23.9 Å². The summed E-state index contributed by atoms with van der Waals surface area (Å²) >= 11 is 1.46. The van der Waals surface area contributed by atoms with E-state index in [-0.39, 0.29) is 13.0 Å². The predicted octanol–water partition coefficient (Wildman–Crippen LogP) is 3.79. The highest BCUT2D eigenvalue weighted by atomic mass is 32.1. The van der Waals surface area contributed by atoms with E-state index >= 15 is 0 Å². The summed E-state index contributed by atoms with van der Waals surface area (Å²) in [5.41, 5.74) is -0.528. The van der Waals surface area contributed by atoms with Crippen molar-refractivity contribution >= 4 is 39.5 Å². The molecule has 11 nitrogen and oxygen atoms in total. The van der Waals surface area contributed by atoms with E-state index in [1.807, 2.05) is 71.2 Å². The number of hydrogen-bond donors (Lipinski definition) is 2. The third-order valence-corrected chi connectivity index (χ3v) is 7.16. The summed E-state index contributed by atoms with van der Waals surface area (Å²) in [4.78, 5) is 55.3. The fraction of sp³-hybridized carbons (Fsp3) is 0.500. The second kappa shape index (κ2) is 11.4. The lowest BCUT2D eigenvalue weighted by atomic mass is 9.85. The lowest BCUT2D eigenvalue weighted by molar-refractivity contribution is -0.152. The van der Waals surface area contributed by atoms with Crippen LogP contribution in [0.15, 0.2) is 35.8 Å². The highest BCUT2D eigenvalue weighted by Gasteiger charge is 2.46. The molecule has 1 aliphatic heterocycles. The summed E-state index contributed by atoms with van der Waals surface area (Å²) in [6.45, 7) is 11.3. The second-order valence-electron chi connectivity index (χ2n) is 11.9. The first kappa shape index (κ1) is 29.2. The van der Waals surface area contributed by atoms with Crippen LogP contribution in [0.25, 0.3) is 21.7 Å². The molecule has 0 spiro atoms. The molecule has 2 N–H and O–H groups in total. The standard InChI is InChI=1S/C28H36N6O5S/c1-27(2,3)20(30-26(37)33-28(4,5)6)24(35)34-15-16(14-19(34)25(36)38-7)39-22-17-11-13-40-23(17)32-21(31-22)18-10-8-9-12-29-18/h8-13,16,19-20H,14-15H2,1-7H3,(H2,30,33,37)/t16-,19+,20?/m1/s1.